The molecule has 3 saturated heterocycles. The lowest BCUT2D eigenvalue weighted by molar-refractivity contribution is 0.0579. The van der Waals surface area contributed by atoms with Crippen LogP contribution in [0.5, 0.6) is 0 Å². The molecule has 38 heavy (non-hydrogen) atoms. The van der Waals surface area contributed by atoms with Crippen molar-refractivity contribution < 1.29 is 0 Å². The zero-order valence-electron chi connectivity index (χ0n) is 22.0. The lowest BCUT2D eigenvalue weighted by atomic mass is 9.70. The van der Waals surface area contributed by atoms with Gasteiger partial charge in [-0.05, 0) is 86.5 Å². The van der Waals surface area contributed by atoms with E-state index in [0.29, 0.717) is 18.6 Å². The van der Waals surface area contributed by atoms with Gasteiger partial charge in [0.2, 0.25) is 0 Å². The van der Waals surface area contributed by atoms with Crippen LogP contribution in [-0.2, 0) is 12.0 Å². The van der Waals surface area contributed by atoms with Crippen LogP contribution in [0.15, 0.2) is 66.9 Å². The molecule has 0 spiro atoms. The van der Waals surface area contributed by atoms with Crippen molar-refractivity contribution in [3.8, 4) is 0 Å². The molecule has 0 saturated carbocycles. The Morgan fingerprint density at radius 2 is 1.45 bits per heavy atom. The molecule has 6 heteroatoms. The number of hydrogen-bond acceptors (Lipinski definition) is 4. The standard InChI is InChI=1S/C32H38Cl2N4/c33-28-12-4-2-10-26(28)30(27-11-3-5-13-29(27)34)38-24-14-15-25(38)20-32(19-24,22-35)31-23(9-8-16-36-31)21-37-17-6-1-7-18-37/h2-5,8-13,16,24-25,30H,1,6-7,14-15,17-22,35H2/t24-,25+,32?. The maximum atomic E-state index is 6.84. The summed E-state index contributed by atoms with van der Waals surface area (Å²) in [6.45, 7) is 3.97. The number of piperidine rings is 2. The highest BCUT2D eigenvalue weighted by Gasteiger charge is 2.52. The molecule has 1 unspecified atom stereocenters. The SMILES string of the molecule is NCC1(c2ncccc2CN2CCCCC2)C[C@H]2CC[C@@H](C1)N2C(c1ccccc1Cl)c1ccccc1Cl. The van der Waals surface area contributed by atoms with E-state index in [0.717, 1.165) is 53.4 Å². The normalized spacial score (nSPS) is 26.2. The minimum absolute atomic E-state index is 0.0160. The second-order valence-corrected chi connectivity index (χ2v) is 12.3. The van der Waals surface area contributed by atoms with E-state index in [-0.39, 0.29) is 11.5 Å². The minimum atomic E-state index is -0.111. The molecule has 3 aromatic rings. The Morgan fingerprint density at radius 1 is 0.842 bits per heavy atom. The smallest absolute Gasteiger partial charge is 0.0636 e. The minimum Gasteiger partial charge on any atom is -0.330 e. The summed E-state index contributed by atoms with van der Waals surface area (Å²) >= 11 is 13.7. The van der Waals surface area contributed by atoms with Crippen LogP contribution in [0.1, 0.15) is 73.4 Å². The molecule has 3 aliphatic heterocycles. The van der Waals surface area contributed by atoms with Gasteiger partial charge in [-0.25, -0.2) is 0 Å². The van der Waals surface area contributed by atoms with Gasteiger partial charge in [0.05, 0.1) is 11.7 Å². The first-order valence-electron chi connectivity index (χ1n) is 14.2. The van der Waals surface area contributed by atoms with Gasteiger partial charge in [0.15, 0.2) is 0 Å². The molecule has 200 valence electrons. The largest absolute Gasteiger partial charge is 0.330 e. The molecule has 3 aliphatic rings. The average Bonchev–Trinajstić information content (AvgIpc) is 3.21. The number of aromatic nitrogens is 1. The van der Waals surface area contributed by atoms with Gasteiger partial charge in [0.25, 0.3) is 0 Å². The topological polar surface area (TPSA) is 45.4 Å². The zero-order valence-corrected chi connectivity index (χ0v) is 23.5. The van der Waals surface area contributed by atoms with Gasteiger partial charge in [-0.15, -0.1) is 0 Å². The number of rotatable bonds is 7. The van der Waals surface area contributed by atoms with Crippen LogP contribution in [0, 0.1) is 0 Å². The van der Waals surface area contributed by atoms with Gasteiger partial charge in [0, 0.05) is 46.8 Å². The van der Waals surface area contributed by atoms with Gasteiger partial charge in [-0.3, -0.25) is 14.8 Å². The second-order valence-electron chi connectivity index (χ2n) is 11.5. The molecule has 0 amide bonds. The molecule has 2 bridgehead atoms. The molecule has 3 atom stereocenters. The van der Waals surface area contributed by atoms with E-state index in [1.165, 1.54) is 43.6 Å². The summed E-state index contributed by atoms with van der Waals surface area (Å²) in [5, 5.41) is 1.59. The van der Waals surface area contributed by atoms with Crippen molar-refractivity contribution in [1.82, 2.24) is 14.8 Å². The van der Waals surface area contributed by atoms with Crippen LogP contribution in [0.25, 0.3) is 0 Å². The van der Waals surface area contributed by atoms with E-state index in [2.05, 4.69) is 46.2 Å². The van der Waals surface area contributed by atoms with Gasteiger partial charge in [-0.1, -0.05) is 72.1 Å². The molecule has 4 nitrogen and oxygen atoms in total. The van der Waals surface area contributed by atoms with Gasteiger partial charge < -0.3 is 5.73 Å². The quantitative estimate of drug-likeness (QED) is 0.345. The summed E-state index contributed by atoms with van der Waals surface area (Å²) in [4.78, 5) is 10.4. The first kappa shape index (κ1) is 26.3. The second kappa shape index (κ2) is 11.3. The van der Waals surface area contributed by atoms with E-state index >= 15 is 0 Å². The highest BCUT2D eigenvalue weighted by atomic mass is 35.5. The monoisotopic (exact) mass is 548 g/mol. The number of likely N-dealkylation sites (tertiary alicyclic amines) is 1. The Labute approximate surface area is 237 Å². The maximum absolute atomic E-state index is 6.84. The van der Waals surface area contributed by atoms with E-state index in [9.17, 15) is 0 Å². The lowest BCUT2D eigenvalue weighted by Crippen LogP contribution is -2.54. The van der Waals surface area contributed by atoms with Crippen molar-refractivity contribution in [2.24, 2.45) is 5.73 Å². The van der Waals surface area contributed by atoms with Gasteiger partial charge in [-0.2, -0.15) is 0 Å². The number of pyridine rings is 1. The fourth-order valence-corrected chi connectivity index (χ4v) is 8.02. The number of fused-ring (bicyclic) bond motifs is 2. The summed E-state index contributed by atoms with van der Waals surface area (Å²) in [6.07, 6.45) is 10.2. The van der Waals surface area contributed by atoms with Crippen molar-refractivity contribution in [3.05, 3.63) is 99.3 Å². The summed E-state index contributed by atoms with van der Waals surface area (Å²) in [6, 6.07) is 21.7. The number of hydrogen-bond donors (Lipinski definition) is 1. The zero-order chi connectivity index (χ0) is 26.1. The number of halogens is 2. The lowest BCUT2D eigenvalue weighted by Gasteiger charge is -2.50. The summed E-state index contributed by atoms with van der Waals surface area (Å²) in [5.41, 5.74) is 11.4. The highest BCUT2D eigenvalue weighted by Crippen LogP contribution is 2.52. The fraction of sp³-hybridized carbons (Fsp3) is 0.469. The van der Waals surface area contributed by atoms with Crippen molar-refractivity contribution in [2.75, 3.05) is 19.6 Å². The molecule has 3 fully saturated rings. The van der Waals surface area contributed by atoms with E-state index in [4.69, 9.17) is 33.9 Å². The molecule has 2 aromatic carbocycles. The third-order valence-electron chi connectivity index (χ3n) is 9.25. The van der Waals surface area contributed by atoms with Crippen molar-refractivity contribution in [1.29, 1.82) is 0 Å². The molecule has 6 rings (SSSR count). The summed E-state index contributed by atoms with van der Waals surface area (Å²) in [5.74, 6) is 0. The van der Waals surface area contributed by atoms with Crippen LogP contribution < -0.4 is 5.73 Å². The van der Waals surface area contributed by atoms with Crippen LogP contribution in [-0.4, -0.2) is 46.5 Å². The summed E-state index contributed by atoms with van der Waals surface area (Å²) < 4.78 is 0. The predicted octanol–water partition coefficient (Wildman–Crippen LogP) is 6.99. The van der Waals surface area contributed by atoms with Crippen molar-refractivity contribution in [2.45, 2.75) is 75.0 Å². The number of nitrogens with two attached hydrogens (primary N) is 1. The molecule has 0 radical (unpaired) electrons. The predicted molar refractivity (Wildman–Crippen MR) is 157 cm³/mol. The molecule has 1 aromatic heterocycles. The maximum Gasteiger partial charge on any atom is 0.0636 e. The summed E-state index contributed by atoms with van der Waals surface area (Å²) in [7, 11) is 0. The molecule has 0 aliphatic carbocycles. The Kier molecular flexibility index (Phi) is 7.79. The Hall–Kier alpha value is -1.95. The van der Waals surface area contributed by atoms with Crippen LogP contribution in [0.4, 0.5) is 0 Å². The van der Waals surface area contributed by atoms with E-state index in [1.807, 2.05) is 30.5 Å². The third kappa shape index (κ3) is 4.91. The average molecular weight is 550 g/mol. The first-order chi connectivity index (χ1) is 18.6. The highest BCUT2D eigenvalue weighted by molar-refractivity contribution is 6.32. The molecular formula is C32H38Cl2N4. The Morgan fingerprint density at radius 3 is 2.03 bits per heavy atom. The Balaban J connectivity index is 1.36. The van der Waals surface area contributed by atoms with Crippen molar-refractivity contribution in [3.63, 3.8) is 0 Å². The first-order valence-corrected chi connectivity index (χ1v) is 15.0. The Bertz CT molecular complexity index is 1200. The van der Waals surface area contributed by atoms with Gasteiger partial charge in [0.1, 0.15) is 0 Å². The van der Waals surface area contributed by atoms with Crippen LogP contribution in [0.3, 0.4) is 0 Å². The fourth-order valence-electron chi connectivity index (χ4n) is 7.54. The van der Waals surface area contributed by atoms with E-state index in [1.54, 1.807) is 0 Å². The van der Waals surface area contributed by atoms with Crippen LogP contribution in [0.2, 0.25) is 10.0 Å². The van der Waals surface area contributed by atoms with E-state index < -0.39 is 0 Å². The van der Waals surface area contributed by atoms with Crippen LogP contribution >= 0.6 is 23.2 Å². The third-order valence-corrected chi connectivity index (χ3v) is 9.94. The number of nitrogens with zero attached hydrogens (tertiary/aromatic N) is 3. The van der Waals surface area contributed by atoms with Gasteiger partial charge >= 0.3 is 0 Å². The molecular weight excluding hydrogens is 511 g/mol. The molecule has 2 N–H and O–H groups in total. The molecule has 4 heterocycles. The number of benzene rings is 2. The van der Waals surface area contributed by atoms with Crippen molar-refractivity contribution >= 4 is 23.2 Å².